The van der Waals surface area contributed by atoms with Gasteiger partial charge in [-0.3, -0.25) is 9.78 Å². The molecule has 0 amide bonds. The summed E-state index contributed by atoms with van der Waals surface area (Å²) in [5, 5.41) is 8.48. The van der Waals surface area contributed by atoms with Crippen molar-refractivity contribution in [3.63, 3.8) is 0 Å². The molecule has 0 spiro atoms. The fraction of sp³-hybridized carbons (Fsp3) is 0.143. The van der Waals surface area contributed by atoms with Gasteiger partial charge in [0.05, 0.1) is 17.1 Å². The average molecular weight is 190 g/mol. The number of carboxylic acid groups (broad SMARTS) is 1. The van der Waals surface area contributed by atoms with Gasteiger partial charge in [0.25, 0.3) is 0 Å². The van der Waals surface area contributed by atoms with Crippen LogP contribution in [0.25, 0.3) is 0 Å². The smallest absolute Gasteiger partial charge is 0.309 e. The lowest BCUT2D eigenvalue weighted by Gasteiger charge is -1.97. The molecule has 0 atom stereocenters. The van der Waals surface area contributed by atoms with Gasteiger partial charge in [0.1, 0.15) is 5.82 Å². The molecule has 0 saturated heterocycles. The lowest BCUT2D eigenvalue weighted by molar-refractivity contribution is -0.136. The van der Waals surface area contributed by atoms with Crippen LogP contribution < -0.4 is 0 Å². The number of carboxylic acids is 1. The van der Waals surface area contributed by atoms with Gasteiger partial charge in [0.15, 0.2) is 0 Å². The first-order valence-electron chi connectivity index (χ1n) is 3.11. The minimum Gasteiger partial charge on any atom is -0.481 e. The quantitative estimate of drug-likeness (QED) is 0.767. The Hall–Kier alpha value is -1.16. The summed E-state index contributed by atoms with van der Waals surface area (Å²) in [7, 11) is 0. The van der Waals surface area contributed by atoms with Crippen molar-refractivity contribution >= 4 is 17.6 Å². The third-order valence-corrected chi connectivity index (χ3v) is 1.41. The standard InChI is InChI=1S/C7H5ClFNO2/c8-4-1-5(9)6(10-3-4)2-7(11)12/h1,3H,2H2,(H,11,12). The average Bonchev–Trinajstić information content (AvgIpc) is 1.94. The Balaban J connectivity index is 2.93. The number of hydrogen-bond acceptors (Lipinski definition) is 2. The molecule has 1 aromatic rings. The summed E-state index contributed by atoms with van der Waals surface area (Å²) < 4.78 is 12.8. The van der Waals surface area contributed by atoms with Crippen LogP contribution in [0, 0.1) is 5.82 Å². The molecule has 12 heavy (non-hydrogen) atoms. The molecular weight excluding hydrogens is 185 g/mol. The van der Waals surface area contributed by atoms with Crippen molar-refractivity contribution in [3.05, 3.63) is 28.8 Å². The van der Waals surface area contributed by atoms with Crippen LogP contribution in [0.2, 0.25) is 5.02 Å². The fourth-order valence-corrected chi connectivity index (χ4v) is 0.861. The van der Waals surface area contributed by atoms with E-state index in [1.165, 1.54) is 6.20 Å². The molecular formula is C7H5ClFNO2. The number of nitrogens with zero attached hydrogens (tertiary/aromatic N) is 1. The van der Waals surface area contributed by atoms with Crippen LogP contribution in [0.1, 0.15) is 5.69 Å². The third kappa shape index (κ3) is 2.17. The Morgan fingerprint density at radius 2 is 2.42 bits per heavy atom. The van der Waals surface area contributed by atoms with E-state index in [-0.39, 0.29) is 10.7 Å². The van der Waals surface area contributed by atoms with Gasteiger partial charge in [-0.25, -0.2) is 4.39 Å². The Kier molecular flexibility index (Phi) is 2.60. The molecule has 0 aliphatic carbocycles. The van der Waals surface area contributed by atoms with E-state index in [0.717, 1.165) is 6.07 Å². The van der Waals surface area contributed by atoms with Crippen LogP contribution in [-0.2, 0) is 11.2 Å². The molecule has 1 N–H and O–H groups in total. The van der Waals surface area contributed by atoms with Gasteiger partial charge in [-0.05, 0) is 6.07 Å². The molecule has 3 nitrogen and oxygen atoms in total. The van der Waals surface area contributed by atoms with Crippen molar-refractivity contribution in [2.75, 3.05) is 0 Å². The van der Waals surface area contributed by atoms with Crippen LogP contribution in [0.15, 0.2) is 12.3 Å². The van der Waals surface area contributed by atoms with E-state index in [1.54, 1.807) is 0 Å². The summed E-state index contributed by atoms with van der Waals surface area (Å²) >= 11 is 5.40. The van der Waals surface area contributed by atoms with E-state index in [0.29, 0.717) is 0 Å². The van der Waals surface area contributed by atoms with Gasteiger partial charge in [-0.2, -0.15) is 0 Å². The number of hydrogen-bond donors (Lipinski definition) is 1. The zero-order valence-corrected chi connectivity index (χ0v) is 6.68. The highest BCUT2D eigenvalue weighted by Crippen LogP contribution is 2.11. The molecule has 5 heteroatoms. The van der Waals surface area contributed by atoms with Crippen molar-refractivity contribution < 1.29 is 14.3 Å². The summed E-state index contributed by atoms with van der Waals surface area (Å²) in [5.41, 5.74) is -0.105. The topological polar surface area (TPSA) is 50.2 Å². The maximum absolute atomic E-state index is 12.8. The Labute approximate surface area is 72.8 Å². The van der Waals surface area contributed by atoms with E-state index in [1.807, 2.05) is 0 Å². The van der Waals surface area contributed by atoms with E-state index >= 15 is 0 Å². The molecule has 1 heterocycles. The minimum atomic E-state index is -1.12. The first kappa shape index (κ1) is 8.93. The highest BCUT2D eigenvalue weighted by molar-refractivity contribution is 6.30. The van der Waals surface area contributed by atoms with Crippen molar-refractivity contribution in [2.45, 2.75) is 6.42 Å². The number of pyridine rings is 1. The number of aliphatic carboxylic acids is 1. The molecule has 0 aromatic carbocycles. The largest absolute Gasteiger partial charge is 0.481 e. The van der Waals surface area contributed by atoms with Gasteiger partial charge in [0.2, 0.25) is 0 Å². The summed E-state index contributed by atoms with van der Waals surface area (Å²) in [6, 6.07) is 1.03. The second kappa shape index (κ2) is 3.49. The van der Waals surface area contributed by atoms with Gasteiger partial charge in [-0.15, -0.1) is 0 Å². The normalized spacial score (nSPS) is 9.83. The van der Waals surface area contributed by atoms with Crippen LogP contribution in [0.4, 0.5) is 4.39 Å². The maximum Gasteiger partial charge on any atom is 0.309 e. The molecule has 1 aromatic heterocycles. The van der Waals surface area contributed by atoms with Gasteiger partial charge >= 0.3 is 5.97 Å². The summed E-state index contributed by atoms with van der Waals surface area (Å²) in [6.07, 6.45) is 0.784. The van der Waals surface area contributed by atoms with E-state index in [2.05, 4.69) is 4.98 Å². The third-order valence-electron chi connectivity index (χ3n) is 1.20. The first-order chi connectivity index (χ1) is 5.59. The molecule has 0 fully saturated rings. The summed E-state index contributed by atoms with van der Waals surface area (Å²) in [6.45, 7) is 0. The van der Waals surface area contributed by atoms with Crippen LogP contribution in [-0.4, -0.2) is 16.1 Å². The van der Waals surface area contributed by atoms with Crippen molar-refractivity contribution in [2.24, 2.45) is 0 Å². The highest BCUT2D eigenvalue weighted by atomic mass is 35.5. The molecule has 0 aliphatic heterocycles. The van der Waals surface area contributed by atoms with E-state index in [9.17, 15) is 9.18 Å². The molecule has 1 rings (SSSR count). The SMILES string of the molecule is O=C(O)Cc1ncc(Cl)cc1F. The fourth-order valence-electron chi connectivity index (χ4n) is 0.716. The number of rotatable bonds is 2. The van der Waals surface area contributed by atoms with E-state index in [4.69, 9.17) is 16.7 Å². The number of halogens is 2. The number of aromatic nitrogens is 1. The van der Waals surface area contributed by atoms with E-state index < -0.39 is 18.2 Å². The highest BCUT2D eigenvalue weighted by Gasteiger charge is 2.08. The zero-order valence-electron chi connectivity index (χ0n) is 5.92. The maximum atomic E-state index is 12.8. The Morgan fingerprint density at radius 3 is 2.92 bits per heavy atom. The van der Waals surface area contributed by atoms with Crippen molar-refractivity contribution in [1.82, 2.24) is 4.98 Å². The predicted molar refractivity (Wildman–Crippen MR) is 40.5 cm³/mol. The molecule has 0 saturated carbocycles. The predicted octanol–water partition coefficient (Wildman–Crippen LogP) is 1.50. The van der Waals surface area contributed by atoms with Crippen molar-refractivity contribution in [3.8, 4) is 0 Å². The lowest BCUT2D eigenvalue weighted by Crippen LogP contribution is -2.04. The van der Waals surface area contributed by atoms with Gasteiger partial charge in [-0.1, -0.05) is 11.6 Å². The molecule has 0 unspecified atom stereocenters. The molecule has 0 radical (unpaired) electrons. The second-order valence-electron chi connectivity index (χ2n) is 2.15. The lowest BCUT2D eigenvalue weighted by atomic mass is 10.2. The first-order valence-corrected chi connectivity index (χ1v) is 3.49. The molecule has 64 valence electrons. The van der Waals surface area contributed by atoms with Crippen LogP contribution in [0.5, 0.6) is 0 Å². The Bertz CT molecular complexity index is 316. The molecule has 0 bridgehead atoms. The van der Waals surface area contributed by atoms with Gasteiger partial charge < -0.3 is 5.11 Å². The minimum absolute atomic E-state index is 0.105. The van der Waals surface area contributed by atoms with Gasteiger partial charge in [0, 0.05) is 6.20 Å². The summed E-state index contributed by atoms with van der Waals surface area (Å²) in [5.74, 6) is -1.81. The number of carbonyl (C=O) groups is 1. The second-order valence-corrected chi connectivity index (χ2v) is 2.59. The van der Waals surface area contributed by atoms with Crippen molar-refractivity contribution in [1.29, 1.82) is 0 Å². The summed E-state index contributed by atoms with van der Waals surface area (Å²) in [4.78, 5) is 13.7. The monoisotopic (exact) mass is 189 g/mol. The zero-order chi connectivity index (χ0) is 9.14. The van der Waals surface area contributed by atoms with Crippen LogP contribution >= 0.6 is 11.6 Å². The molecule has 0 aliphatic rings. The van der Waals surface area contributed by atoms with Crippen LogP contribution in [0.3, 0.4) is 0 Å². The Morgan fingerprint density at radius 1 is 1.75 bits per heavy atom.